The Balaban J connectivity index is 2.38. The largest absolute Gasteiger partial charge is 0.495 e. The van der Waals surface area contributed by atoms with E-state index in [-0.39, 0.29) is 21.3 Å². The number of carbonyl (C=O) groups is 1. The molecule has 0 radical (unpaired) electrons. The van der Waals surface area contributed by atoms with Gasteiger partial charge in [0, 0.05) is 17.5 Å². The molecule has 2 aromatic rings. The molecule has 0 bridgehead atoms. The van der Waals surface area contributed by atoms with E-state index in [1.54, 1.807) is 12.1 Å². The maximum atomic E-state index is 13.9. The van der Waals surface area contributed by atoms with Gasteiger partial charge in [0.15, 0.2) is 5.78 Å². The number of para-hydroxylation sites is 1. The lowest BCUT2D eigenvalue weighted by atomic mass is 10.0. The molecule has 3 nitrogen and oxygen atoms in total. The number of hydrogen-bond acceptors (Lipinski definition) is 3. The van der Waals surface area contributed by atoms with Crippen molar-refractivity contribution in [1.82, 2.24) is 0 Å². The Morgan fingerprint density at radius 3 is 2.67 bits per heavy atom. The van der Waals surface area contributed by atoms with Crippen LogP contribution in [0.4, 0.5) is 14.5 Å². The summed E-state index contributed by atoms with van der Waals surface area (Å²) >= 11 is 2.97. The summed E-state index contributed by atoms with van der Waals surface area (Å²) in [6.45, 7) is 0. The highest BCUT2D eigenvalue weighted by Gasteiger charge is 2.19. The smallest absolute Gasteiger partial charge is 0.169 e. The molecular formula is C15H12BrF2NO2. The predicted molar refractivity (Wildman–Crippen MR) is 79.5 cm³/mol. The Labute approximate surface area is 128 Å². The van der Waals surface area contributed by atoms with Crippen LogP contribution < -0.4 is 10.5 Å². The standard InChI is InChI=1S/C15H12BrF2NO2/c1-21-13-4-2-3-8(15(13)19)12(20)7-9-11(17)6-5-10(16)14(9)18/h2-6H,7,19H2,1H3. The lowest BCUT2D eigenvalue weighted by Gasteiger charge is -2.10. The van der Waals surface area contributed by atoms with Crippen LogP contribution in [0.25, 0.3) is 0 Å². The van der Waals surface area contributed by atoms with Crippen molar-refractivity contribution in [3.8, 4) is 5.75 Å². The molecule has 2 aromatic carbocycles. The molecule has 0 aromatic heterocycles. The molecule has 0 unspecified atom stereocenters. The molecule has 0 amide bonds. The zero-order valence-electron chi connectivity index (χ0n) is 11.1. The van der Waals surface area contributed by atoms with Crippen molar-refractivity contribution in [2.24, 2.45) is 0 Å². The topological polar surface area (TPSA) is 52.3 Å². The van der Waals surface area contributed by atoms with E-state index in [4.69, 9.17) is 10.5 Å². The molecule has 0 spiro atoms. The van der Waals surface area contributed by atoms with Gasteiger partial charge in [-0.2, -0.15) is 0 Å². The van der Waals surface area contributed by atoms with Gasteiger partial charge in [-0.05, 0) is 40.2 Å². The van der Waals surface area contributed by atoms with E-state index in [0.29, 0.717) is 5.75 Å². The van der Waals surface area contributed by atoms with E-state index in [9.17, 15) is 13.6 Å². The highest BCUT2D eigenvalue weighted by molar-refractivity contribution is 9.10. The van der Waals surface area contributed by atoms with Crippen molar-refractivity contribution in [3.05, 3.63) is 57.6 Å². The Morgan fingerprint density at radius 2 is 2.00 bits per heavy atom. The number of nitrogens with two attached hydrogens (primary N) is 1. The second-order valence-electron chi connectivity index (χ2n) is 4.34. The Hall–Kier alpha value is -1.95. The van der Waals surface area contributed by atoms with Gasteiger partial charge in [-0.15, -0.1) is 0 Å². The summed E-state index contributed by atoms with van der Waals surface area (Å²) in [4.78, 5) is 12.2. The first-order valence-corrected chi connectivity index (χ1v) is 6.83. The van der Waals surface area contributed by atoms with Gasteiger partial charge in [0.25, 0.3) is 0 Å². The summed E-state index contributed by atoms with van der Waals surface area (Å²) < 4.78 is 32.7. The van der Waals surface area contributed by atoms with Gasteiger partial charge in [0.1, 0.15) is 17.4 Å². The van der Waals surface area contributed by atoms with Crippen LogP contribution >= 0.6 is 15.9 Å². The van der Waals surface area contributed by atoms with Crippen LogP contribution in [0.5, 0.6) is 5.75 Å². The lowest BCUT2D eigenvalue weighted by Crippen LogP contribution is -2.10. The van der Waals surface area contributed by atoms with Crippen molar-refractivity contribution in [3.63, 3.8) is 0 Å². The summed E-state index contributed by atoms with van der Waals surface area (Å²) in [7, 11) is 1.42. The molecule has 0 saturated carbocycles. The van der Waals surface area contributed by atoms with Crippen molar-refractivity contribution in [1.29, 1.82) is 0 Å². The Morgan fingerprint density at radius 1 is 1.29 bits per heavy atom. The number of ketones is 1. The number of halogens is 3. The van der Waals surface area contributed by atoms with E-state index < -0.39 is 23.8 Å². The fourth-order valence-corrected chi connectivity index (χ4v) is 2.32. The highest BCUT2D eigenvalue weighted by atomic mass is 79.9. The van der Waals surface area contributed by atoms with Crippen LogP contribution in [0, 0.1) is 11.6 Å². The fraction of sp³-hybridized carbons (Fsp3) is 0.133. The molecule has 0 aliphatic rings. The first-order chi connectivity index (χ1) is 9.95. The number of nitrogen functional groups attached to an aromatic ring is 1. The summed E-state index contributed by atoms with van der Waals surface area (Å²) in [5, 5.41) is 0. The van der Waals surface area contributed by atoms with Crippen LogP contribution in [0.2, 0.25) is 0 Å². The van der Waals surface area contributed by atoms with Crippen molar-refractivity contribution in [2.45, 2.75) is 6.42 Å². The SMILES string of the molecule is COc1cccc(C(=O)Cc2c(F)ccc(Br)c2F)c1N. The van der Waals surface area contributed by atoms with Crippen molar-refractivity contribution in [2.75, 3.05) is 12.8 Å². The van der Waals surface area contributed by atoms with E-state index >= 15 is 0 Å². The number of carbonyl (C=O) groups excluding carboxylic acids is 1. The van der Waals surface area contributed by atoms with Crippen molar-refractivity contribution < 1.29 is 18.3 Å². The van der Waals surface area contributed by atoms with E-state index in [1.165, 1.54) is 19.2 Å². The van der Waals surface area contributed by atoms with E-state index in [1.807, 2.05) is 0 Å². The number of Topliss-reactive ketones (excluding diaryl/α,β-unsaturated/α-hetero) is 1. The molecule has 0 aliphatic carbocycles. The maximum absolute atomic E-state index is 13.9. The Kier molecular flexibility index (Phi) is 4.57. The van der Waals surface area contributed by atoms with Gasteiger partial charge in [-0.3, -0.25) is 4.79 Å². The van der Waals surface area contributed by atoms with Gasteiger partial charge in [-0.1, -0.05) is 6.07 Å². The number of methoxy groups -OCH3 is 1. The zero-order chi connectivity index (χ0) is 15.6. The van der Waals surface area contributed by atoms with Crippen LogP contribution in [0.3, 0.4) is 0 Å². The lowest BCUT2D eigenvalue weighted by molar-refractivity contribution is 0.0991. The summed E-state index contributed by atoms with van der Waals surface area (Å²) in [6, 6.07) is 7.04. The Bertz CT molecular complexity index is 704. The molecular weight excluding hydrogens is 344 g/mol. The molecule has 0 atom stereocenters. The summed E-state index contributed by atoms with van der Waals surface area (Å²) in [5.74, 6) is -1.70. The van der Waals surface area contributed by atoms with Crippen LogP contribution in [-0.2, 0) is 6.42 Å². The number of rotatable bonds is 4. The maximum Gasteiger partial charge on any atom is 0.169 e. The number of hydrogen-bond donors (Lipinski definition) is 1. The summed E-state index contributed by atoms with van der Waals surface area (Å²) in [5.41, 5.74) is 5.84. The van der Waals surface area contributed by atoms with Crippen molar-refractivity contribution >= 4 is 27.4 Å². The second-order valence-corrected chi connectivity index (χ2v) is 5.20. The first kappa shape index (κ1) is 15.4. The normalized spacial score (nSPS) is 10.5. The average Bonchev–Trinajstić information content (AvgIpc) is 2.47. The third-order valence-electron chi connectivity index (χ3n) is 3.06. The molecule has 0 heterocycles. The fourth-order valence-electron chi connectivity index (χ4n) is 1.95. The quantitative estimate of drug-likeness (QED) is 0.516. The van der Waals surface area contributed by atoms with Crippen LogP contribution in [0.15, 0.2) is 34.8 Å². The molecule has 0 aliphatic heterocycles. The van der Waals surface area contributed by atoms with Gasteiger partial charge >= 0.3 is 0 Å². The van der Waals surface area contributed by atoms with Crippen LogP contribution in [0.1, 0.15) is 15.9 Å². The highest BCUT2D eigenvalue weighted by Crippen LogP contribution is 2.27. The first-order valence-electron chi connectivity index (χ1n) is 6.03. The van der Waals surface area contributed by atoms with Gasteiger partial charge < -0.3 is 10.5 Å². The molecule has 6 heteroatoms. The zero-order valence-corrected chi connectivity index (χ0v) is 12.7. The van der Waals surface area contributed by atoms with Gasteiger partial charge in [0.05, 0.1) is 17.3 Å². The third kappa shape index (κ3) is 3.05. The average molecular weight is 356 g/mol. The minimum absolute atomic E-state index is 0.102. The number of anilines is 1. The monoisotopic (exact) mass is 355 g/mol. The van der Waals surface area contributed by atoms with Gasteiger partial charge in [0.2, 0.25) is 0 Å². The van der Waals surface area contributed by atoms with Crippen LogP contribution in [-0.4, -0.2) is 12.9 Å². The predicted octanol–water partition coefficient (Wildman–Crippen LogP) is 3.74. The number of benzene rings is 2. The molecule has 21 heavy (non-hydrogen) atoms. The minimum atomic E-state index is -0.787. The molecule has 0 saturated heterocycles. The minimum Gasteiger partial charge on any atom is -0.495 e. The molecule has 2 N–H and O–H groups in total. The molecule has 110 valence electrons. The van der Waals surface area contributed by atoms with E-state index in [2.05, 4.69) is 15.9 Å². The van der Waals surface area contributed by atoms with Gasteiger partial charge in [-0.25, -0.2) is 8.78 Å². The third-order valence-corrected chi connectivity index (χ3v) is 3.68. The second kappa shape index (κ2) is 6.22. The number of ether oxygens (including phenoxy) is 1. The molecule has 0 fully saturated rings. The molecule has 2 rings (SSSR count). The van der Waals surface area contributed by atoms with E-state index in [0.717, 1.165) is 6.07 Å². The summed E-state index contributed by atoms with van der Waals surface area (Å²) in [6.07, 6.45) is -0.422.